The Kier molecular flexibility index (Phi) is 2.99. The minimum atomic E-state index is -0.174. The second-order valence-corrected chi connectivity index (χ2v) is 6.27. The Morgan fingerprint density at radius 1 is 1.44 bits per heavy atom. The van der Waals surface area contributed by atoms with Gasteiger partial charge in [-0.05, 0) is 23.6 Å². The Morgan fingerprint density at radius 3 is 2.75 bits per heavy atom. The van der Waals surface area contributed by atoms with Gasteiger partial charge >= 0.3 is 0 Å². The number of hydrogen-bond donors (Lipinski definition) is 1. The van der Waals surface area contributed by atoms with Gasteiger partial charge in [0.05, 0.1) is 0 Å². The maximum Gasteiger partial charge on any atom is 0.153 e. The Labute approximate surface area is 105 Å². The van der Waals surface area contributed by atoms with Crippen molar-refractivity contribution in [3.63, 3.8) is 0 Å². The summed E-state index contributed by atoms with van der Waals surface area (Å²) >= 11 is 3.44. The van der Waals surface area contributed by atoms with Crippen molar-refractivity contribution in [2.45, 2.75) is 26.9 Å². The zero-order valence-corrected chi connectivity index (χ0v) is 11.4. The topological polar surface area (TPSA) is 38.5 Å². The predicted molar refractivity (Wildman–Crippen MR) is 67.9 cm³/mol. The number of halogens is 1. The summed E-state index contributed by atoms with van der Waals surface area (Å²) in [5, 5.41) is 1.84. The molecule has 16 heavy (non-hydrogen) atoms. The molecular weight excluding hydrogens is 268 g/mol. The molecule has 4 heteroatoms. The van der Waals surface area contributed by atoms with Gasteiger partial charge in [0.2, 0.25) is 0 Å². The van der Waals surface area contributed by atoms with Crippen molar-refractivity contribution >= 4 is 15.9 Å². The van der Waals surface area contributed by atoms with Crippen molar-refractivity contribution < 1.29 is 4.84 Å². The van der Waals surface area contributed by atoms with E-state index in [0.29, 0.717) is 0 Å². The second kappa shape index (κ2) is 4.02. The van der Waals surface area contributed by atoms with Crippen LogP contribution in [0.1, 0.15) is 32.5 Å². The van der Waals surface area contributed by atoms with E-state index in [-0.39, 0.29) is 11.6 Å². The van der Waals surface area contributed by atoms with Crippen molar-refractivity contribution in [3.05, 3.63) is 28.2 Å². The van der Waals surface area contributed by atoms with E-state index in [1.54, 1.807) is 0 Å². The fourth-order valence-corrected chi connectivity index (χ4v) is 2.15. The first kappa shape index (κ1) is 11.9. The Morgan fingerprint density at radius 2 is 2.12 bits per heavy atom. The predicted octanol–water partition coefficient (Wildman–Crippen LogP) is 3.06. The number of rotatable bonds is 1. The number of hydroxylamine groups is 2. The van der Waals surface area contributed by atoms with Gasteiger partial charge in [0.15, 0.2) is 5.75 Å². The van der Waals surface area contributed by atoms with Crippen LogP contribution in [0.15, 0.2) is 22.7 Å². The highest BCUT2D eigenvalue weighted by atomic mass is 79.9. The molecule has 88 valence electrons. The van der Waals surface area contributed by atoms with Crippen molar-refractivity contribution in [2.75, 3.05) is 6.54 Å². The molecule has 1 aromatic carbocycles. The first-order chi connectivity index (χ1) is 7.37. The van der Waals surface area contributed by atoms with Crippen molar-refractivity contribution in [1.29, 1.82) is 0 Å². The number of nitrogens with two attached hydrogens (primary N) is 1. The molecule has 0 spiro atoms. The van der Waals surface area contributed by atoms with Gasteiger partial charge in [-0.3, -0.25) is 0 Å². The summed E-state index contributed by atoms with van der Waals surface area (Å²) in [5.41, 5.74) is 7.35. The first-order valence-electron chi connectivity index (χ1n) is 5.36. The van der Waals surface area contributed by atoms with Crippen LogP contribution in [0.3, 0.4) is 0 Å². The van der Waals surface area contributed by atoms with Crippen molar-refractivity contribution in [1.82, 2.24) is 5.06 Å². The molecule has 0 aliphatic carbocycles. The van der Waals surface area contributed by atoms with E-state index in [2.05, 4.69) is 36.7 Å². The monoisotopic (exact) mass is 284 g/mol. The van der Waals surface area contributed by atoms with E-state index in [0.717, 1.165) is 22.3 Å². The Hall–Kier alpha value is -0.580. The summed E-state index contributed by atoms with van der Waals surface area (Å²) in [7, 11) is 0. The van der Waals surface area contributed by atoms with E-state index in [4.69, 9.17) is 10.6 Å². The van der Waals surface area contributed by atoms with Crippen LogP contribution in [0.25, 0.3) is 0 Å². The van der Waals surface area contributed by atoms with Gasteiger partial charge in [0, 0.05) is 16.6 Å². The molecule has 2 N–H and O–H groups in total. The zero-order valence-electron chi connectivity index (χ0n) is 9.83. The normalized spacial score (nSPS) is 20.7. The lowest BCUT2D eigenvalue weighted by Gasteiger charge is -2.27. The molecule has 3 nitrogen and oxygen atoms in total. The van der Waals surface area contributed by atoms with E-state index < -0.39 is 0 Å². The third-order valence-electron chi connectivity index (χ3n) is 2.45. The average Bonchev–Trinajstić information content (AvgIpc) is 2.42. The van der Waals surface area contributed by atoms with E-state index in [9.17, 15) is 0 Å². The standard InChI is InChI=1S/C12H17BrN2O/c1-12(2,3)7-15-11(14)9-6-8(13)4-5-10(9)16-15/h4-6,11H,7,14H2,1-3H3. The summed E-state index contributed by atoms with van der Waals surface area (Å²) in [6, 6.07) is 5.93. The fourth-order valence-electron chi connectivity index (χ4n) is 1.77. The molecule has 1 aromatic rings. The van der Waals surface area contributed by atoms with Gasteiger partial charge in [0.1, 0.15) is 6.17 Å². The molecule has 0 saturated heterocycles. The largest absolute Gasteiger partial charge is 0.404 e. The molecule has 1 aliphatic rings. The van der Waals surface area contributed by atoms with Crippen LogP contribution < -0.4 is 10.6 Å². The fraction of sp³-hybridized carbons (Fsp3) is 0.500. The van der Waals surface area contributed by atoms with Gasteiger partial charge in [-0.2, -0.15) is 0 Å². The van der Waals surface area contributed by atoms with E-state index in [1.807, 2.05) is 23.3 Å². The molecule has 0 radical (unpaired) electrons. The highest BCUT2D eigenvalue weighted by molar-refractivity contribution is 9.10. The summed E-state index contributed by atoms with van der Waals surface area (Å²) in [4.78, 5) is 5.74. The second-order valence-electron chi connectivity index (χ2n) is 5.35. The number of hydrogen-bond acceptors (Lipinski definition) is 3. The van der Waals surface area contributed by atoms with E-state index in [1.165, 1.54) is 0 Å². The maximum atomic E-state index is 6.15. The molecule has 0 amide bonds. The third-order valence-corrected chi connectivity index (χ3v) is 2.94. The van der Waals surface area contributed by atoms with Gasteiger partial charge in [-0.25, -0.2) is 0 Å². The van der Waals surface area contributed by atoms with Crippen LogP contribution in [0.2, 0.25) is 0 Å². The minimum absolute atomic E-state index is 0.164. The van der Waals surface area contributed by atoms with Gasteiger partial charge in [0.25, 0.3) is 0 Å². The number of fused-ring (bicyclic) bond motifs is 1. The van der Waals surface area contributed by atoms with Crippen LogP contribution >= 0.6 is 15.9 Å². The van der Waals surface area contributed by atoms with Gasteiger partial charge in [-0.15, -0.1) is 5.06 Å². The first-order valence-corrected chi connectivity index (χ1v) is 6.16. The van der Waals surface area contributed by atoms with Crippen LogP contribution in [-0.4, -0.2) is 11.6 Å². The third kappa shape index (κ3) is 2.39. The SMILES string of the molecule is CC(C)(C)CN1Oc2ccc(Br)cc2C1N. The Bertz CT molecular complexity index is 400. The average molecular weight is 285 g/mol. The Balaban J connectivity index is 2.21. The summed E-state index contributed by atoms with van der Waals surface area (Å²) in [6.45, 7) is 7.31. The molecule has 1 unspecified atom stereocenters. The smallest absolute Gasteiger partial charge is 0.153 e. The zero-order chi connectivity index (χ0) is 11.9. The van der Waals surface area contributed by atoms with Gasteiger partial charge in [-0.1, -0.05) is 36.7 Å². The van der Waals surface area contributed by atoms with Gasteiger partial charge < -0.3 is 10.6 Å². The molecule has 2 rings (SSSR count). The summed E-state index contributed by atoms with van der Waals surface area (Å²) < 4.78 is 1.03. The van der Waals surface area contributed by atoms with E-state index >= 15 is 0 Å². The molecule has 0 bridgehead atoms. The minimum Gasteiger partial charge on any atom is -0.404 e. The summed E-state index contributed by atoms with van der Waals surface area (Å²) in [5.74, 6) is 0.861. The number of benzene rings is 1. The van der Waals surface area contributed by atoms with Crippen LogP contribution in [0, 0.1) is 5.41 Å². The lowest BCUT2D eigenvalue weighted by Crippen LogP contribution is -2.38. The molecule has 1 aliphatic heterocycles. The maximum absolute atomic E-state index is 6.15. The molecule has 0 fully saturated rings. The highest BCUT2D eigenvalue weighted by Gasteiger charge is 2.32. The molecule has 0 aromatic heterocycles. The molecular formula is C12H17BrN2O. The molecule has 1 atom stereocenters. The van der Waals surface area contributed by atoms with Crippen molar-refractivity contribution in [2.24, 2.45) is 11.1 Å². The summed E-state index contributed by atoms with van der Waals surface area (Å²) in [6.07, 6.45) is -0.174. The quantitative estimate of drug-likeness (QED) is 0.861. The highest BCUT2D eigenvalue weighted by Crippen LogP contribution is 2.37. The van der Waals surface area contributed by atoms with Crippen molar-refractivity contribution in [3.8, 4) is 5.75 Å². The molecule has 1 heterocycles. The molecule has 0 saturated carbocycles. The van der Waals surface area contributed by atoms with Crippen LogP contribution in [-0.2, 0) is 0 Å². The number of nitrogens with zero attached hydrogens (tertiary/aromatic N) is 1. The van der Waals surface area contributed by atoms with Crippen LogP contribution in [0.5, 0.6) is 5.75 Å². The van der Waals surface area contributed by atoms with Crippen LogP contribution in [0.4, 0.5) is 0 Å². The lowest BCUT2D eigenvalue weighted by atomic mass is 9.96. The lowest BCUT2D eigenvalue weighted by molar-refractivity contribution is -0.0906.